The van der Waals surface area contributed by atoms with Gasteiger partial charge in [0.2, 0.25) is 20.0 Å². The van der Waals surface area contributed by atoms with Gasteiger partial charge in [0.15, 0.2) is 0 Å². The van der Waals surface area contributed by atoms with Gasteiger partial charge in [0, 0.05) is 13.1 Å². The quantitative estimate of drug-likeness (QED) is 0.774. The standard InChI is InChI=1S/C11H17ClN2O5S2/c1-19-11-5-4-9(8-10(11)12)14(21(3,17)18)7-6-13-20(2,15)16/h4-5,8,13H,6-7H2,1-3H3. The number of ether oxygens (including phenoxy) is 1. The van der Waals surface area contributed by atoms with Gasteiger partial charge in [-0.15, -0.1) is 0 Å². The number of benzene rings is 1. The number of nitrogens with one attached hydrogen (secondary N) is 1. The molecule has 120 valence electrons. The number of hydrogen-bond donors (Lipinski definition) is 1. The number of rotatable bonds is 7. The van der Waals surface area contributed by atoms with Gasteiger partial charge in [0.1, 0.15) is 5.75 Å². The Morgan fingerprint density at radius 2 is 1.86 bits per heavy atom. The SMILES string of the molecule is COc1ccc(N(CCNS(C)(=O)=O)S(C)(=O)=O)cc1Cl. The number of nitrogens with zero attached hydrogens (tertiary/aromatic N) is 1. The lowest BCUT2D eigenvalue weighted by molar-refractivity contribution is 0.415. The third kappa shape index (κ3) is 5.70. The smallest absolute Gasteiger partial charge is 0.232 e. The van der Waals surface area contributed by atoms with Gasteiger partial charge in [-0.05, 0) is 18.2 Å². The molecule has 0 saturated carbocycles. The Morgan fingerprint density at radius 3 is 2.29 bits per heavy atom. The van der Waals surface area contributed by atoms with Crippen LogP contribution >= 0.6 is 11.6 Å². The zero-order valence-corrected chi connectivity index (χ0v) is 14.2. The zero-order valence-electron chi connectivity index (χ0n) is 11.8. The minimum Gasteiger partial charge on any atom is -0.495 e. The maximum absolute atomic E-state index is 11.8. The molecule has 1 rings (SSSR count). The molecule has 21 heavy (non-hydrogen) atoms. The molecule has 1 aromatic carbocycles. The van der Waals surface area contributed by atoms with Gasteiger partial charge < -0.3 is 4.74 Å². The molecule has 0 saturated heterocycles. The van der Waals surface area contributed by atoms with Gasteiger partial charge >= 0.3 is 0 Å². The molecule has 0 heterocycles. The molecule has 1 aromatic rings. The monoisotopic (exact) mass is 356 g/mol. The largest absolute Gasteiger partial charge is 0.495 e. The van der Waals surface area contributed by atoms with Crippen LogP contribution in [0, 0.1) is 0 Å². The maximum atomic E-state index is 11.8. The highest BCUT2D eigenvalue weighted by atomic mass is 35.5. The van der Waals surface area contributed by atoms with Crippen molar-refractivity contribution in [2.45, 2.75) is 0 Å². The highest BCUT2D eigenvalue weighted by Gasteiger charge is 2.18. The zero-order chi connectivity index (χ0) is 16.3. The Bertz CT molecular complexity index is 703. The van der Waals surface area contributed by atoms with Crippen molar-refractivity contribution in [1.29, 1.82) is 0 Å². The van der Waals surface area contributed by atoms with Crippen LogP contribution in [0.2, 0.25) is 5.02 Å². The Morgan fingerprint density at radius 1 is 1.24 bits per heavy atom. The van der Waals surface area contributed by atoms with Crippen molar-refractivity contribution in [1.82, 2.24) is 4.72 Å². The first kappa shape index (κ1) is 18.0. The highest BCUT2D eigenvalue weighted by Crippen LogP contribution is 2.29. The lowest BCUT2D eigenvalue weighted by atomic mass is 10.3. The molecule has 10 heteroatoms. The van der Waals surface area contributed by atoms with Crippen LogP contribution < -0.4 is 13.8 Å². The number of anilines is 1. The second-order valence-electron chi connectivity index (χ2n) is 4.32. The topological polar surface area (TPSA) is 92.8 Å². The predicted molar refractivity (Wildman–Crippen MR) is 83.0 cm³/mol. The van der Waals surface area contributed by atoms with Crippen LogP contribution in [0.1, 0.15) is 0 Å². The first-order valence-corrected chi connectivity index (χ1v) is 9.92. The van der Waals surface area contributed by atoms with Crippen molar-refractivity contribution in [3.05, 3.63) is 23.2 Å². The van der Waals surface area contributed by atoms with Gasteiger partial charge in [0.05, 0.1) is 30.3 Å². The Kier molecular flexibility index (Phi) is 5.85. The Balaban J connectivity index is 3.01. The normalized spacial score (nSPS) is 12.2. The number of methoxy groups -OCH3 is 1. The van der Waals surface area contributed by atoms with Crippen molar-refractivity contribution in [2.24, 2.45) is 0 Å². The van der Waals surface area contributed by atoms with E-state index in [0.717, 1.165) is 16.8 Å². The van der Waals surface area contributed by atoms with Crippen molar-refractivity contribution >= 4 is 37.3 Å². The molecular formula is C11H17ClN2O5S2. The Labute approximate surface area is 130 Å². The average molecular weight is 357 g/mol. The average Bonchev–Trinajstić information content (AvgIpc) is 2.31. The van der Waals surface area contributed by atoms with Crippen LogP contribution in [-0.4, -0.2) is 49.5 Å². The van der Waals surface area contributed by atoms with E-state index in [1.165, 1.54) is 19.2 Å². The van der Waals surface area contributed by atoms with Crippen LogP contribution in [0.5, 0.6) is 5.75 Å². The van der Waals surface area contributed by atoms with Crippen LogP contribution in [-0.2, 0) is 20.0 Å². The summed E-state index contributed by atoms with van der Waals surface area (Å²) in [5.41, 5.74) is 0.332. The van der Waals surface area contributed by atoms with Crippen molar-refractivity contribution in [3.8, 4) is 5.75 Å². The molecule has 0 unspecified atom stereocenters. The summed E-state index contributed by atoms with van der Waals surface area (Å²) >= 11 is 5.97. The lowest BCUT2D eigenvalue weighted by Gasteiger charge is -2.23. The first-order chi connectivity index (χ1) is 9.54. The molecule has 7 nitrogen and oxygen atoms in total. The van der Waals surface area contributed by atoms with Gasteiger partial charge in [-0.2, -0.15) is 0 Å². The molecule has 0 aromatic heterocycles. The van der Waals surface area contributed by atoms with E-state index in [0.29, 0.717) is 11.4 Å². The molecule has 0 spiro atoms. The van der Waals surface area contributed by atoms with E-state index < -0.39 is 20.0 Å². The van der Waals surface area contributed by atoms with Crippen LogP contribution in [0.3, 0.4) is 0 Å². The van der Waals surface area contributed by atoms with Gasteiger partial charge in [0.25, 0.3) is 0 Å². The third-order valence-electron chi connectivity index (χ3n) is 2.50. The van der Waals surface area contributed by atoms with Crippen molar-refractivity contribution in [2.75, 3.05) is 37.0 Å². The van der Waals surface area contributed by atoms with E-state index in [1.807, 2.05) is 0 Å². The molecule has 0 bridgehead atoms. The second-order valence-corrected chi connectivity index (χ2v) is 8.47. The fraction of sp³-hybridized carbons (Fsp3) is 0.455. The van der Waals surface area contributed by atoms with E-state index in [9.17, 15) is 16.8 Å². The molecular weight excluding hydrogens is 340 g/mol. The van der Waals surface area contributed by atoms with Crippen LogP contribution in [0.4, 0.5) is 5.69 Å². The van der Waals surface area contributed by atoms with E-state index in [-0.39, 0.29) is 18.1 Å². The van der Waals surface area contributed by atoms with E-state index in [2.05, 4.69) is 4.72 Å². The summed E-state index contributed by atoms with van der Waals surface area (Å²) in [4.78, 5) is 0. The summed E-state index contributed by atoms with van der Waals surface area (Å²) in [5, 5.41) is 0.264. The van der Waals surface area contributed by atoms with Gasteiger partial charge in [-0.25, -0.2) is 21.6 Å². The summed E-state index contributed by atoms with van der Waals surface area (Å²) in [6, 6.07) is 4.52. The molecule has 0 aliphatic heterocycles. The molecule has 0 radical (unpaired) electrons. The molecule has 0 amide bonds. The summed E-state index contributed by atoms with van der Waals surface area (Å²) in [6.07, 6.45) is 2.04. The molecule has 0 atom stereocenters. The number of sulfonamides is 2. The van der Waals surface area contributed by atoms with Crippen LogP contribution in [0.15, 0.2) is 18.2 Å². The summed E-state index contributed by atoms with van der Waals surface area (Å²) in [7, 11) is -5.51. The van der Waals surface area contributed by atoms with Gasteiger partial charge in [-0.3, -0.25) is 4.31 Å². The van der Waals surface area contributed by atoms with Crippen LogP contribution in [0.25, 0.3) is 0 Å². The molecule has 0 aliphatic rings. The number of hydrogen-bond acceptors (Lipinski definition) is 5. The van der Waals surface area contributed by atoms with E-state index in [4.69, 9.17) is 16.3 Å². The summed E-state index contributed by atoms with van der Waals surface area (Å²) < 4.78 is 54.0. The minimum absolute atomic E-state index is 0.0461. The molecule has 0 aliphatic carbocycles. The first-order valence-electron chi connectivity index (χ1n) is 5.80. The summed E-state index contributed by atoms with van der Waals surface area (Å²) in [5.74, 6) is 0.420. The highest BCUT2D eigenvalue weighted by molar-refractivity contribution is 7.92. The van der Waals surface area contributed by atoms with Gasteiger partial charge in [-0.1, -0.05) is 11.6 Å². The minimum atomic E-state index is -3.57. The lowest BCUT2D eigenvalue weighted by Crippen LogP contribution is -2.37. The predicted octanol–water partition coefficient (Wildman–Crippen LogP) is 0.664. The fourth-order valence-corrected chi connectivity index (χ4v) is 3.26. The maximum Gasteiger partial charge on any atom is 0.232 e. The second kappa shape index (κ2) is 6.82. The van der Waals surface area contributed by atoms with E-state index >= 15 is 0 Å². The fourth-order valence-electron chi connectivity index (χ4n) is 1.63. The summed E-state index contributed by atoms with van der Waals surface area (Å²) in [6.45, 7) is -0.0931. The molecule has 0 fully saturated rings. The van der Waals surface area contributed by atoms with E-state index in [1.54, 1.807) is 6.07 Å². The molecule has 1 N–H and O–H groups in total. The Hall–Kier alpha value is -1.03. The van der Waals surface area contributed by atoms with Crippen molar-refractivity contribution < 1.29 is 21.6 Å². The third-order valence-corrected chi connectivity index (χ3v) is 4.72. The number of halogens is 1. The van der Waals surface area contributed by atoms with Crippen molar-refractivity contribution in [3.63, 3.8) is 0 Å².